The van der Waals surface area contributed by atoms with E-state index in [0.717, 1.165) is 3.79 Å². The maximum atomic E-state index is 12.6. The Morgan fingerprint density at radius 2 is 1.96 bits per heavy atom. The lowest BCUT2D eigenvalue weighted by Crippen LogP contribution is -2.40. The molecule has 134 valence electrons. The van der Waals surface area contributed by atoms with E-state index in [9.17, 15) is 13.2 Å². The fourth-order valence-electron chi connectivity index (χ4n) is 2.63. The number of thiophene rings is 1. The molecule has 0 unspecified atom stereocenters. The number of hydrogen-bond donors (Lipinski definition) is 0. The molecule has 1 fully saturated rings. The molecular formula is C16H15BrClNO4S2. The SMILES string of the molecule is O=C(Oc1cccc(Cl)c1)C1CCN(S(=O)(=O)c2ccc(Br)s2)CC1. The van der Waals surface area contributed by atoms with Crippen molar-refractivity contribution in [1.82, 2.24) is 4.31 Å². The van der Waals surface area contributed by atoms with E-state index in [-0.39, 0.29) is 11.9 Å². The largest absolute Gasteiger partial charge is 0.426 e. The van der Waals surface area contributed by atoms with Crippen molar-refractivity contribution >= 4 is 54.9 Å². The summed E-state index contributed by atoms with van der Waals surface area (Å²) in [6.07, 6.45) is 0.871. The minimum absolute atomic E-state index is 0.299. The van der Waals surface area contributed by atoms with Crippen molar-refractivity contribution in [1.29, 1.82) is 0 Å². The van der Waals surface area contributed by atoms with Crippen LogP contribution in [0.4, 0.5) is 0 Å². The second kappa shape index (κ2) is 7.75. The Morgan fingerprint density at radius 3 is 2.56 bits per heavy atom. The lowest BCUT2D eigenvalue weighted by molar-refractivity contribution is -0.140. The average Bonchev–Trinajstić information content (AvgIpc) is 3.02. The summed E-state index contributed by atoms with van der Waals surface area (Å²) in [5.41, 5.74) is 0. The highest BCUT2D eigenvalue weighted by Gasteiger charge is 2.33. The van der Waals surface area contributed by atoms with Gasteiger partial charge in [-0.3, -0.25) is 4.79 Å². The molecule has 5 nitrogen and oxygen atoms in total. The standard InChI is InChI=1S/C16H15BrClNO4S2/c17-14-4-5-15(24-14)25(21,22)19-8-6-11(7-9-19)16(20)23-13-3-1-2-12(18)10-13/h1-5,10-11H,6-9H2. The lowest BCUT2D eigenvalue weighted by Gasteiger charge is -2.29. The van der Waals surface area contributed by atoms with E-state index < -0.39 is 10.0 Å². The predicted molar refractivity (Wildman–Crippen MR) is 101 cm³/mol. The third-order valence-electron chi connectivity index (χ3n) is 3.94. The molecule has 0 bridgehead atoms. The minimum atomic E-state index is -3.50. The molecule has 1 aromatic carbocycles. The topological polar surface area (TPSA) is 63.7 Å². The van der Waals surface area contributed by atoms with Crippen LogP contribution in [0.15, 0.2) is 44.4 Å². The summed E-state index contributed by atoms with van der Waals surface area (Å²) >= 11 is 10.3. The molecule has 0 N–H and O–H groups in total. The first-order chi connectivity index (χ1) is 11.9. The van der Waals surface area contributed by atoms with E-state index in [1.165, 1.54) is 15.6 Å². The van der Waals surface area contributed by atoms with Crippen LogP contribution in [0.3, 0.4) is 0 Å². The molecule has 0 aliphatic carbocycles. The Labute approximate surface area is 163 Å². The number of halogens is 2. The number of piperidine rings is 1. The second-order valence-electron chi connectivity index (χ2n) is 5.62. The highest BCUT2D eigenvalue weighted by molar-refractivity contribution is 9.11. The van der Waals surface area contributed by atoms with E-state index in [4.69, 9.17) is 16.3 Å². The molecule has 0 atom stereocenters. The van der Waals surface area contributed by atoms with E-state index in [1.54, 1.807) is 36.4 Å². The summed E-state index contributed by atoms with van der Waals surface area (Å²) < 4.78 is 33.0. The molecule has 1 aliphatic heterocycles. The van der Waals surface area contributed by atoms with Crippen LogP contribution in [0, 0.1) is 5.92 Å². The molecule has 25 heavy (non-hydrogen) atoms. The van der Waals surface area contributed by atoms with Crippen LogP contribution in [-0.4, -0.2) is 31.8 Å². The minimum Gasteiger partial charge on any atom is -0.426 e. The van der Waals surface area contributed by atoms with Gasteiger partial charge in [-0.05, 0) is 59.1 Å². The van der Waals surface area contributed by atoms with Gasteiger partial charge in [0.1, 0.15) is 9.96 Å². The van der Waals surface area contributed by atoms with Crippen LogP contribution in [0.25, 0.3) is 0 Å². The summed E-state index contributed by atoms with van der Waals surface area (Å²) in [7, 11) is -3.50. The molecular weight excluding hydrogens is 450 g/mol. The molecule has 2 aromatic rings. The predicted octanol–water partition coefficient (Wildman–Crippen LogP) is 4.17. The summed E-state index contributed by atoms with van der Waals surface area (Å²) in [6, 6.07) is 9.95. The average molecular weight is 465 g/mol. The summed E-state index contributed by atoms with van der Waals surface area (Å²) in [6.45, 7) is 0.598. The van der Waals surface area contributed by atoms with Crippen LogP contribution in [-0.2, 0) is 14.8 Å². The molecule has 1 aromatic heterocycles. The lowest BCUT2D eigenvalue weighted by atomic mass is 9.98. The molecule has 0 saturated carbocycles. The molecule has 0 amide bonds. The first-order valence-electron chi connectivity index (χ1n) is 7.59. The molecule has 0 spiro atoms. The van der Waals surface area contributed by atoms with Gasteiger partial charge in [-0.25, -0.2) is 8.42 Å². The van der Waals surface area contributed by atoms with Gasteiger partial charge < -0.3 is 4.74 Å². The van der Waals surface area contributed by atoms with Crippen molar-refractivity contribution in [2.24, 2.45) is 5.92 Å². The molecule has 0 radical (unpaired) electrons. The number of hydrogen-bond acceptors (Lipinski definition) is 5. The molecule has 1 saturated heterocycles. The first kappa shape index (κ1) is 18.8. The number of rotatable bonds is 4. The zero-order valence-corrected chi connectivity index (χ0v) is 17.0. The Bertz CT molecular complexity index is 876. The van der Waals surface area contributed by atoms with Gasteiger partial charge >= 0.3 is 5.97 Å². The quantitative estimate of drug-likeness (QED) is 0.503. The molecule has 3 rings (SSSR count). The van der Waals surface area contributed by atoms with Crippen LogP contribution in [0.1, 0.15) is 12.8 Å². The Morgan fingerprint density at radius 1 is 1.24 bits per heavy atom. The van der Waals surface area contributed by atoms with Gasteiger partial charge in [0, 0.05) is 18.1 Å². The Kier molecular flexibility index (Phi) is 5.85. The van der Waals surface area contributed by atoms with E-state index in [2.05, 4.69) is 15.9 Å². The Balaban J connectivity index is 1.61. The number of carbonyl (C=O) groups is 1. The van der Waals surface area contributed by atoms with Gasteiger partial charge in [0.15, 0.2) is 0 Å². The fraction of sp³-hybridized carbons (Fsp3) is 0.312. The fourth-order valence-corrected chi connectivity index (χ4v) is 6.44. The summed E-state index contributed by atoms with van der Waals surface area (Å²) in [5, 5.41) is 0.494. The zero-order chi connectivity index (χ0) is 18.0. The number of nitrogens with zero attached hydrogens (tertiary/aromatic N) is 1. The van der Waals surface area contributed by atoms with Gasteiger partial charge in [0.25, 0.3) is 10.0 Å². The normalized spacial score (nSPS) is 16.7. The smallest absolute Gasteiger partial charge is 0.314 e. The van der Waals surface area contributed by atoms with E-state index in [1.807, 2.05) is 0 Å². The monoisotopic (exact) mass is 463 g/mol. The van der Waals surface area contributed by atoms with Crippen molar-refractivity contribution in [3.05, 3.63) is 45.2 Å². The first-order valence-corrected chi connectivity index (χ1v) is 11.0. The van der Waals surface area contributed by atoms with Crippen molar-refractivity contribution < 1.29 is 17.9 Å². The van der Waals surface area contributed by atoms with Gasteiger partial charge in [0.2, 0.25) is 0 Å². The van der Waals surface area contributed by atoms with Gasteiger partial charge in [-0.1, -0.05) is 17.7 Å². The number of sulfonamides is 1. The molecule has 9 heteroatoms. The van der Waals surface area contributed by atoms with Crippen LogP contribution in [0.2, 0.25) is 5.02 Å². The highest BCUT2D eigenvalue weighted by atomic mass is 79.9. The van der Waals surface area contributed by atoms with Crippen molar-refractivity contribution in [2.75, 3.05) is 13.1 Å². The number of esters is 1. The van der Waals surface area contributed by atoms with Gasteiger partial charge in [-0.2, -0.15) is 4.31 Å². The maximum Gasteiger partial charge on any atom is 0.314 e. The van der Waals surface area contributed by atoms with Crippen molar-refractivity contribution in [3.63, 3.8) is 0 Å². The van der Waals surface area contributed by atoms with Gasteiger partial charge in [0.05, 0.1) is 9.70 Å². The van der Waals surface area contributed by atoms with Crippen LogP contribution in [0.5, 0.6) is 5.75 Å². The van der Waals surface area contributed by atoms with Crippen LogP contribution >= 0.6 is 38.9 Å². The molecule has 1 aliphatic rings. The number of carbonyl (C=O) groups excluding carboxylic acids is 1. The van der Waals surface area contributed by atoms with Crippen LogP contribution < -0.4 is 4.74 Å². The zero-order valence-electron chi connectivity index (χ0n) is 13.0. The second-order valence-corrected chi connectivity index (χ2v) is 10.7. The van der Waals surface area contributed by atoms with E-state index >= 15 is 0 Å². The van der Waals surface area contributed by atoms with Gasteiger partial charge in [-0.15, -0.1) is 11.3 Å². The Hall–Kier alpha value is -0.930. The third kappa shape index (κ3) is 4.43. The summed E-state index contributed by atoms with van der Waals surface area (Å²) in [5.74, 6) is -0.269. The third-order valence-corrected chi connectivity index (χ3v) is 8.17. The number of ether oxygens (including phenoxy) is 1. The molecule has 2 heterocycles. The van der Waals surface area contributed by atoms with E-state index in [0.29, 0.717) is 40.9 Å². The maximum absolute atomic E-state index is 12.6. The van der Waals surface area contributed by atoms with Crippen molar-refractivity contribution in [3.8, 4) is 5.75 Å². The highest BCUT2D eigenvalue weighted by Crippen LogP contribution is 2.31. The van der Waals surface area contributed by atoms with Crippen molar-refractivity contribution in [2.45, 2.75) is 17.1 Å². The number of benzene rings is 1. The summed E-state index contributed by atoms with van der Waals surface area (Å²) in [4.78, 5) is 12.3.